The van der Waals surface area contributed by atoms with Crippen molar-refractivity contribution in [3.8, 4) is 0 Å². The van der Waals surface area contributed by atoms with E-state index in [0.29, 0.717) is 0 Å². The van der Waals surface area contributed by atoms with E-state index in [4.69, 9.17) is 5.73 Å². The third-order valence-corrected chi connectivity index (χ3v) is 3.12. The van der Waals surface area contributed by atoms with Crippen molar-refractivity contribution in [2.24, 2.45) is 5.73 Å². The topological polar surface area (TPSA) is 84.2 Å². The summed E-state index contributed by atoms with van der Waals surface area (Å²) in [6.45, 7) is 1.69. The van der Waals surface area contributed by atoms with Crippen molar-refractivity contribution in [3.63, 3.8) is 0 Å². The number of amides is 3. The molecule has 5 heteroatoms. The number of fused-ring (bicyclic) bond motifs is 1. The molecule has 1 aliphatic carbocycles. The van der Waals surface area contributed by atoms with Gasteiger partial charge in [0.2, 0.25) is 5.91 Å². The quantitative estimate of drug-likeness (QED) is 0.749. The third kappa shape index (κ3) is 2.80. The fourth-order valence-corrected chi connectivity index (χ4v) is 2.21. The van der Waals surface area contributed by atoms with Crippen molar-refractivity contribution < 1.29 is 9.59 Å². The second-order valence-corrected chi connectivity index (χ2v) is 4.56. The first kappa shape index (κ1) is 12.4. The summed E-state index contributed by atoms with van der Waals surface area (Å²) in [6, 6.07) is 4.78. The molecule has 5 nitrogen and oxygen atoms in total. The molecule has 1 atom stereocenters. The van der Waals surface area contributed by atoms with Crippen molar-refractivity contribution in [2.45, 2.75) is 32.2 Å². The van der Waals surface area contributed by atoms with Crippen molar-refractivity contribution in [1.82, 2.24) is 5.32 Å². The lowest BCUT2D eigenvalue weighted by atomic mass is 10.1. The van der Waals surface area contributed by atoms with Crippen LogP contribution in [0, 0.1) is 0 Å². The number of primary amides is 1. The number of hydrogen-bond donors (Lipinski definition) is 3. The molecular weight excluding hydrogens is 230 g/mol. The summed E-state index contributed by atoms with van der Waals surface area (Å²) < 4.78 is 0. The highest BCUT2D eigenvalue weighted by molar-refractivity contribution is 5.97. The van der Waals surface area contributed by atoms with Gasteiger partial charge < -0.3 is 11.1 Å². The molecule has 0 heterocycles. The Morgan fingerprint density at radius 3 is 2.72 bits per heavy atom. The Labute approximate surface area is 106 Å². The summed E-state index contributed by atoms with van der Waals surface area (Å²) >= 11 is 0. The summed E-state index contributed by atoms with van der Waals surface area (Å²) in [4.78, 5) is 22.1. The Morgan fingerprint density at radius 1 is 1.28 bits per heavy atom. The maximum Gasteiger partial charge on any atom is 0.318 e. The van der Waals surface area contributed by atoms with Crippen molar-refractivity contribution in [2.75, 3.05) is 5.32 Å². The molecule has 0 bridgehead atoms. The molecule has 0 radical (unpaired) electrons. The van der Waals surface area contributed by atoms with Gasteiger partial charge in [-0.2, -0.15) is 0 Å². The molecule has 0 spiro atoms. The van der Waals surface area contributed by atoms with E-state index in [2.05, 4.69) is 22.8 Å². The minimum absolute atomic E-state index is 0.428. The normalized spacial score (nSPS) is 14.7. The summed E-state index contributed by atoms with van der Waals surface area (Å²) in [5.41, 5.74) is 8.51. The molecule has 2 rings (SSSR count). The SMILES string of the molecule is CC(Nc1ccc2c(c1)CCC2)C(=O)NC(N)=O. The number of carbonyl (C=O) groups is 2. The van der Waals surface area contributed by atoms with Crippen LogP contribution in [0.25, 0.3) is 0 Å². The van der Waals surface area contributed by atoms with E-state index in [9.17, 15) is 9.59 Å². The Hall–Kier alpha value is -2.04. The Kier molecular flexibility index (Phi) is 3.50. The lowest BCUT2D eigenvalue weighted by molar-refractivity contribution is -0.120. The number of rotatable bonds is 3. The number of aryl methyl sites for hydroxylation is 2. The van der Waals surface area contributed by atoms with E-state index in [0.717, 1.165) is 18.5 Å². The molecule has 1 aromatic rings. The first-order valence-corrected chi connectivity index (χ1v) is 6.05. The monoisotopic (exact) mass is 247 g/mol. The largest absolute Gasteiger partial charge is 0.374 e. The number of imide groups is 1. The maximum atomic E-state index is 11.5. The zero-order valence-corrected chi connectivity index (χ0v) is 10.3. The fourth-order valence-electron chi connectivity index (χ4n) is 2.21. The van der Waals surface area contributed by atoms with Crippen LogP contribution in [0.4, 0.5) is 10.5 Å². The molecule has 4 N–H and O–H groups in total. The Bertz CT molecular complexity index is 485. The zero-order valence-electron chi connectivity index (χ0n) is 10.3. The van der Waals surface area contributed by atoms with Crippen LogP contribution in [-0.2, 0) is 17.6 Å². The molecule has 18 heavy (non-hydrogen) atoms. The highest BCUT2D eigenvalue weighted by Crippen LogP contribution is 2.25. The minimum atomic E-state index is -0.831. The predicted molar refractivity (Wildman–Crippen MR) is 69.3 cm³/mol. The summed E-state index contributed by atoms with van der Waals surface area (Å²) in [5.74, 6) is -0.428. The second-order valence-electron chi connectivity index (χ2n) is 4.56. The Morgan fingerprint density at radius 2 is 2.00 bits per heavy atom. The minimum Gasteiger partial charge on any atom is -0.374 e. The fraction of sp³-hybridized carbons (Fsp3) is 0.385. The van der Waals surface area contributed by atoms with E-state index >= 15 is 0 Å². The van der Waals surface area contributed by atoms with Crippen LogP contribution in [0.1, 0.15) is 24.5 Å². The molecule has 1 unspecified atom stereocenters. The van der Waals surface area contributed by atoms with Crippen LogP contribution < -0.4 is 16.4 Å². The number of urea groups is 1. The average molecular weight is 247 g/mol. The number of benzene rings is 1. The highest BCUT2D eigenvalue weighted by Gasteiger charge is 2.16. The molecule has 96 valence electrons. The van der Waals surface area contributed by atoms with Crippen LogP contribution >= 0.6 is 0 Å². The molecule has 1 aromatic carbocycles. The number of hydrogen-bond acceptors (Lipinski definition) is 3. The van der Waals surface area contributed by atoms with Gasteiger partial charge in [-0.05, 0) is 49.4 Å². The standard InChI is InChI=1S/C13H17N3O2/c1-8(12(17)16-13(14)18)15-11-6-5-9-3-2-4-10(9)7-11/h5-8,15H,2-4H2,1H3,(H3,14,16,17,18). The van der Waals surface area contributed by atoms with Crippen LogP contribution in [0.15, 0.2) is 18.2 Å². The van der Waals surface area contributed by atoms with Crippen LogP contribution in [0.2, 0.25) is 0 Å². The molecule has 1 aliphatic rings. The van der Waals surface area contributed by atoms with Gasteiger partial charge in [0, 0.05) is 5.69 Å². The van der Waals surface area contributed by atoms with Crippen LogP contribution in [0.3, 0.4) is 0 Å². The third-order valence-electron chi connectivity index (χ3n) is 3.12. The van der Waals surface area contributed by atoms with Gasteiger partial charge in [-0.15, -0.1) is 0 Å². The number of carbonyl (C=O) groups excluding carboxylic acids is 2. The molecule has 3 amide bonds. The van der Waals surface area contributed by atoms with E-state index < -0.39 is 18.0 Å². The van der Waals surface area contributed by atoms with E-state index in [-0.39, 0.29) is 0 Å². The van der Waals surface area contributed by atoms with Gasteiger partial charge in [-0.25, -0.2) is 4.79 Å². The van der Waals surface area contributed by atoms with Crippen LogP contribution in [-0.4, -0.2) is 18.0 Å². The zero-order chi connectivity index (χ0) is 13.1. The average Bonchev–Trinajstić information content (AvgIpc) is 2.75. The van der Waals surface area contributed by atoms with Gasteiger partial charge in [-0.3, -0.25) is 10.1 Å². The molecule has 0 saturated heterocycles. The molecule has 0 saturated carbocycles. The van der Waals surface area contributed by atoms with Crippen molar-refractivity contribution in [1.29, 1.82) is 0 Å². The molecule has 0 fully saturated rings. The van der Waals surface area contributed by atoms with E-state index in [1.54, 1.807) is 6.92 Å². The second kappa shape index (κ2) is 5.08. The lowest BCUT2D eigenvalue weighted by Gasteiger charge is -2.14. The number of nitrogens with two attached hydrogens (primary N) is 1. The smallest absolute Gasteiger partial charge is 0.318 e. The van der Waals surface area contributed by atoms with Gasteiger partial charge in [0.15, 0.2) is 0 Å². The highest BCUT2D eigenvalue weighted by atomic mass is 16.2. The maximum absolute atomic E-state index is 11.5. The lowest BCUT2D eigenvalue weighted by Crippen LogP contribution is -2.43. The van der Waals surface area contributed by atoms with Gasteiger partial charge >= 0.3 is 6.03 Å². The summed E-state index contributed by atoms with van der Waals surface area (Å²) in [5, 5.41) is 5.11. The van der Waals surface area contributed by atoms with Crippen LogP contribution in [0.5, 0.6) is 0 Å². The summed E-state index contributed by atoms with van der Waals surface area (Å²) in [7, 11) is 0. The first-order chi connectivity index (χ1) is 8.56. The molecular formula is C13H17N3O2. The van der Waals surface area contributed by atoms with Gasteiger partial charge in [0.05, 0.1) is 0 Å². The summed E-state index contributed by atoms with van der Waals surface area (Å²) in [6.07, 6.45) is 3.41. The van der Waals surface area contributed by atoms with Crippen molar-refractivity contribution >= 4 is 17.6 Å². The van der Waals surface area contributed by atoms with E-state index in [1.165, 1.54) is 17.5 Å². The predicted octanol–water partition coefficient (Wildman–Crippen LogP) is 1.17. The molecule has 0 aromatic heterocycles. The number of anilines is 1. The first-order valence-electron chi connectivity index (χ1n) is 6.05. The van der Waals surface area contributed by atoms with Crippen molar-refractivity contribution in [3.05, 3.63) is 29.3 Å². The number of nitrogens with one attached hydrogen (secondary N) is 2. The van der Waals surface area contributed by atoms with Gasteiger partial charge in [0.1, 0.15) is 6.04 Å². The van der Waals surface area contributed by atoms with E-state index in [1.807, 2.05) is 6.07 Å². The van der Waals surface area contributed by atoms with Gasteiger partial charge in [0.25, 0.3) is 0 Å². The Balaban J connectivity index is 2.01. The van der Waals surface area contributed by atoms with Gasteiger partial charge in [-0.1, -0.05) is 6.07 Å². The molecule has 0 aliphatic heterocycles.